The minimum absolute atomic E-state index is 0.121. The maximum Gasteiger partial charge on any atom is 0.250 e. The van der Waals surface area contributed by atoms with E-state index < -0.39 is 0 Å². The van der Waals surface area contributed by atoms with Gasteiger partial charge in [-0.1, -0.05) is 0 Å². The third-order valence-corrected chi connectivity index (χ3v) is 6.44. The van der Waals surface area contributed by atoms with E-state index in [4.69, 9.17) is 4.74 Å². The Morgan fingerprint density at radius 1 is 1.11 bits per heavy atom. The molecule has 3 fully saturated rings. The average Bonchev–Trinajstić information content (AvgIpc) is 2.74. The molecule has 0 spiro atoms. The SMILES string of the molecule is O=C(C1CCN(C2CCOCC2)CC1)N1CCC[C@H](c2cc(=O)[nH]cn2)C1. The van der Waals surface area contributed by atoms with Crippen LogP contribution in [0.2, 0.25) is 0 Å². The highest BCUT2D eigenvalue weighted by molar-refractivity contribution is 5.79. The lowest BCUT2D eigenvalue weighted by atomic mass is 9.90. The number of nitrogens with one attached hydrogen (secondary N) is 1. The molecule has 0 aromatic carbocycles. The number of hydrogen-bond donors (Lipinski definition) is 1. The molecule has 1 atom stereocenters. The zero-order valence-corrected chi connectivity index (χ0v) is 15.9. The van der Waals surface area contributed by atoms with Gasteiger partial charge in [-0.15, -0.1) is 0 Å². The van der Waals surface area contributed by atoms with Gasteiger partial charge in [0.15, 0.2) is 0 Å². The Morgan fingerprint density at radius 2 is 1.89 bits per heavy atom. The lowest BCUT2D eigenvalue weighted by Gasteiger charge is -2.41. The topological polar surface area (TPSA) is 78.5 Å². The van der Waals surface area contributed by atoms with Crippen molar-refractivity contribution in [2.75, 3.05) is 39.4 Å². The van der Waals surface area contributed by atoms with E-state index >= 15 is 0 Å². The average molecular weight is 374 g/mol. The second-order valence-corrected chi connectivity index (χ2v) is 8.11. The first-order valence-electron chi connectivity index (χ1n) is 10.4. The first kappa shape index (κ1) is 18.6. The number of nitrogens with zero attached hydrogens (tertiary/aromatic N) is 3. The molecule has 0 saturated carbocycles. The van der Waals surface area contributed by atoms with Crippen molar-refractivity contribution in [3.8, 4) is 0 Å². The van der Waals surface area contributed by atoms with E-state index in [2.05, 4.69) is 14.9 Å². The Morgan fingerprint density at radius 3 is 2.63 bits per heavy atom. The summed E-state index contributed by atoms with van der Waals surface area (Å²) in [6.45, 7) is 5.31. The van der Waals surface area contributed by atoms with Gasteiger partial charge in [0.2, 0.25) is 5.91 Å². The van der Waals surface area contributed by atoms with Crippen LogP contribution < -0.4 is 5.56 Å². The Bertz CT molecular complexity index is 692. The summed E-state index contributed by atoms with van der Waals surface area (Å²) in [4.78, 5) is 36.1. The number of H-pyrrole nitrogens is 1. The number of aromatic amines is 1. The second kappa shape index (κ2) is 8.52. The Kier molecular flexibility index (Phi) is 5.88. The summed E-state index contributed by atoms with van der Waals surface area (Å²) in [5, 5.41) is 0. The van der Waals surface area contributed by atoms with Gasteiger partial charge in [-0.05, 0) is 51.6 Å². The van der Waals surface area contributed by atoms with Crippen molar-refractivity contribution in [2.45, 2.75) is 50.5 Å². The van der Waals surface area contributed by atoms with E-state index in [1.165, 1.54) is 6.33 Å². The fraction of sp³-hybridized carbons (Fsp3) is 0.750. The van der Waals surface area contributed by atoms with Crippen molar-refractivity contribution >= 4 is 5.91 Å². The molecule has 3 aliphatic rings. The van der Waals surface area contributed by atoms with Crippen molar-refractivity contribution in [3.63, 3.8) is 0 Å². The summed E-state index contributed by atoms with van der Waals surface area (Å²) in [5.74, 6) is 0.621. The molecule has 1 N–H and O–H groups in total. The largest absolute Gasteiger partial charge is 0.381 e. The highest BCUT2D eigenvalue weighted by Gasteiger charge is 2.34. The third kappa shape index (κ3) is 4.41. The molecule has 3 saturated heterocycles. The minimum atomic E-state index is -0.121. The number of likely N-dealkylation sites (tertiary alicyclic amines) is 2. The zero-order valence-electron chi connectivity index (χ0n) is 15.9. The van der Waals surface area contributed by atoms with Crippen molar-refractivity contribution in [1.29, 1.82) is 0 Å². The monoisotopic (exact) mass is 374 g/mol. The van der Waals surface area contributed by atoms with Crippen LogP contribution in [0.5, 0.6) is 0 Å². The molecule has 0 unspecified atom stereocenters. The Balaban J connectivity index is 1.32. The van der Waals surface area contributed by atoms with Gasteiger partial charge in [0.25, 0.3) is 5.56 Å². The fourth-order valence-corrected chi connectivity index (χ4v) is 4.85. The van der Waals surface area contributed by atoms with E-state index in [9.17, 15) is 9.59 Å². The molecule has 0 aliphatic carbocycles. The number of hydrogen-bond acceptors (Lipinski definition) is 5. The molecule has 1 aromatic heterocycles. The summed E-state index contributed by atoms with van der Waals surface area (Å²) >= 11 is 0. The number of aromatic nitrogens is 2. The van der Waals surface area contributed by atoms with Crippen molar-refractivity contribution in [2.24, 2.45) is 5.92 Å². The number of amides is 1. The molecule has 148 valence electrons. The van der Waals surface area contributed by atoms with Gasteiger partial charge < -0.3 is 19.5 Å². The summed E-state index contributed by atoms with van der Waals surface area (Å²) < 4.78 is 5.47. The predicted octanol–water partition coefficient (Wildman–Crippen LogP) is 1.37. The van der Waals surface area contributed by atoms with E-state index in [0.717, 1.165) is 77.1 Å². The standard InChI is InChI=1S/C20H30N4O3/c25-19-12-18(21-14-22-19)16-2-1-7-24(13-16)20(26)15-3-8-23(9-4-15)17-5-10-27-11-6-17/h12,14-17H,1-11,13H2,(H,21,22,25)/t16-/m0/s1. The molecule has 4 rings (SSSR count). The maximum atomic E-state index is 13.1. The normalized spacial score (nSPS) is 26.2. The Labute approximate surface area is 160 Å². The van der Waals surface area contributed by atoms with Gasteiger partial charge in [0, 0.05) is 50.2 Å². The van der Waals surface area contributed by atoms with Crippen LogP contribution in [0.15, 0.2) is 17.2 Å². The summed E-state index contributed by atoms with van der Waals surface area (Å²) in [6, 6.07) is 2.21. The first-order valence-corrected chi connectivity index (χ1v) is 10.4. The molecule has 7 heteroatoms. The molecule has 0 radical (unpaired) electrons. The molecule has 27 heavy (non-hydrogen) atoms. The van der Waals surface area contributed by atoms with Crippen molar-refractivity contribution in [1.82, 2.24) is 19.8 Å². The van der Waals surface area contributed by atoms with E-state index in [1.54, 1.807) is 6.07 Å². The van der Waals surface area contributed by atoms with Crippen LogP contribution in [0.25, 0.3) is 0 Å². The van der Waals surface area contributed by atoms with Crippen LogP contribution in [0.4, 0.5) is 0 Å². The number of carbonyl (C=O) groups excluding carboxylic acids is 1. The van der Waals surface area contributed by atoms with E-state index in [0.29, 0.717) is 18.5 Å². The fourth-order valence-electron chi connectivity index (χ4n) is 4.85. The number of carbonyl (C=O) groups is 1. The zero-order chi connectivity index (χ0) is 18.6. The molecular weight excluding hydrogens is 344 g/mol. The van der Waals surface area contributed by atoms with Crippen LogP contribution in [0.1, 0.15) is 50.1 Å². The number of rotatable bonds is 3. The van der Waals surface area contributed by atoms with Crippen LogP contribution in [-0.4, -0.2) is 71.1 Å². The van der Waals surface area contributed by atoms with Gasteiger partial charge >= 0.3 is 0 Å². The van der Waals surface area contributed by atoms with Gasteiger partial charge in [-0.2, -0.15) is 0 Å². The summed E-state index contributed by atoms with van der Waals surface area (Å²) in [6.07, 6.45) is 7.59. The van der Waals surface area contributed by atoms with Crippen LogP contribution >= 0.6 is 0 Å². The van der Waals surface area contributed by atoms with Crippen LogP contribution in [0, 0.1) is 5.92 Å². The molecule has 1 aromatic rings. The highest BCUT2D eigenvalue weighted by Crippen LogP contribution is 2.29. The van der Waals surface area contributed by atoms with E-state index in [-0.39, 0.29) is 17.4 Å². The summed E-state index contributed by atoms with van der Waals surface area (Å²) in [5.41, 5.74) is 0.689. The molecule has 7 nitrogen and oxygen atoms in total. The van der Waals surface area contributed by atoms with Gasteiger partial charge in [-0.3, -0.25) is 9.59 Å². The van der Waals surface area contributed by atoms with Gasteiger partial charge in [0.05, 0.1) is 12.0 Å². The molecule has 4 heterocycles. The highest BCUT2D eigenvalue weighted by atomic mass is 16.5. The minimum Gasteiger partial charge on any atom is -0.381 e. The lowest BCUT2D eigenvalue weighted by molar-refractivity contribution is -0.138. The first-order chi connectivity index (χ1) is 13.2. The molecule has 1 amide bonds. The predicted molar refractivity (Wildman–Crippen MR) is 102 cm³/mol. The van der Waals surface area contributed by atoms with Gasteiger partial charge in [0.1, 0.15) is 0 Å². The number of ether oxygens (including phenoxy) is 1. The molecule has 0 bridgehead atoms. The smallest absolute Gasteiger partial charge is 0.250 e. The van der Waals surface area contributed by atoms with Crippen molar-refractivity contribution < 1.29 is 9.53 Å². The third-order valence-electron chi connectivity index (χ3n) is 6.44. The van der Waals surface area contributed by atoms with Crippen molar-refractivity contribution in [3.05, 3.63) is 28.4 Å². The lowest BCUT2D eigenvalue weighted by Crippen LogP contribution is -2.48. The Hall–Kier alpha value is -1.73. The quantitative estimate of drug-likeness (QED) is 0.864. The van der Waals surface area contributed by atoms with E-state index in [1.807, 2.05) is 4.90 Å². The molecular formula is C20H30N4O3. The van der Waals surface area contributed by atoms with Crippen LogP contribution in [-0.2, 0) is 9.53 Å². The maximum absolute atomic E-state index is 13.1. The van der Waals surface area contributed by atoms with Crippen LogP contribution in [0.3, 0.4) is 0 Å². The number of piperidine rings is 2. The second-order valence-electron chi connectivity index (χ2n) is 8.11. The summed E-state index contributed by atoms with van der Waals surface area (Å²) in [7, 11) is 0. The van der Waals surface area contributed by atoms with Gasteiger partial charge in [-0.25, -0.2) is 4.98 Å². The molecule has 3 aliphatic heterocycles.